The predicted octanol–water partition coefficient (Wildman–Crippen LogP) is 3.35. The normalized spacial score (nSPS) is 12.9. The summed E-state index contributed by atoms with van der Waals surface area (Å²) in [5, 5.41) is 10.3. The van der Waals surface area contributed by atoms with Crippen LogP contribution < -0.4 is 0 Å². The number of rotatable bonds is 3. The van der Waals surface area contributed by atoms with Gasteiger partial charge in [-0.3, -0.25) is 4.79 Å². The Balaban J connectivity index is 2.37. The number of hydrogen-bond acceptors (Lipinski definition) is 2. The second-order valence-corrected chi connectivity index (χ2v) is 4.19. The molecule has 16 heavy (non-hydrogen) atoms. The molecule has 0 spiro atoms. The first-order valence-corrected chi connectivity index (χ1v) is 5.35. The highest BCUT2D eigenvalue weighted by molar-refractivity contribution is 6.36. The molecule has 4 heteroatoms. The van der Waals surface area contributed by atoms with Crippen molar-refractivity contribution in [2.45, 2.75) is 13.3 Å². The third kappa shape index (κ3) is 1.91. The van der Waals surface area contributed by atoms with Gasteiger partial charge in [0.15, 0.2) is 0 Å². The fourth-order valence-corrected chi connectivity index (χ4v) is 1.92. The summed E-state index contributed by atoms with van der Waals surface area (Å²) in [5.41, 5.74) is 1.56. The van der Waals surface area contributed by atoms with Crippen molar-refractivity contribution in [2.75, 3.05) is 0 Å². The van der Waals surface area contributed by atoms with E-state index in [0.717, 1.165) is 16.5 Å². The van der Waals surface area contributed by atoms with Crippen LogP contribution >= 0.6 is 11.6 Å². The molecule has 1 atom stereocenters. The molecule has 1 heterocycles. The van der Waals surface area contributed by atoms with Crippen molar-refractivity contribution in [2.24, 2.45) is 5.92 Å². The van der Waals surface area contributed by atoms with Gasteiger partial charge in [-0.25, -0.2) is 0 Å². The van der Waals surface area contributed by atoms with Gasteiger partial charge < -0.3 is 9.52 Å². The second kappa shape index (κ2) is 4.18. The van der Waals surface area contributed by atoms with Gasteiger partial charge in [0, 0.05) is 5.39 Å². The largest absolute Gasteiger partial charge is 0.481 e. The summed E-state index contributed by atoms with van der Waals surface area (Å²) in [6.45, 7) is 1.66. The maximum Gasteiger partial charge on any atom is 0.306 e. The minimum Gasteiger partial charge on any atom is -0.481 e. The number of benzene rings is 1. The number of hydrogen-bond donors (Lipinski definition) is 1. The minimum absolute atomic E-state index is 0.426. The molecule has 1 N–H and O–H groups in total. The molecule has 0 amide bonds. The highest BCUT2D eigenvalue weighted by Gasteiger charge is 2.15. The first kappa shape index (κ1) is 11.0. The van der Waals surface area contributed by atoms with Crippen LogP contribution in [-0.4, -0.2) is 11.1 Å². The topological polar surface area (TPSA) is 50.4 Å². The van der Waals surface area contributed by atoms with E-state index >= 15 is 0 Å². The van der Waals surface area contributed by atoms with Crippen LogP contribution in [0.4, 0.5) is 0 Å². The fourth-order valence-electron chi connectivity index (χ4n) is 1.63. The molecule has 1 unspecified atom stereocenters. The molecule has 1 aromatic carbocycles. The van der Waals surface area contributed by atoms with Crippen LogP contribution in [0.5, 0.6) is 0 Å². The van der Waals surface area contributed by atoms with Crippen molar-refractivity contribution in [3.8, 4) is 0 Å². The molecule has 0 fully saturated rings. The van der Waals surface area contributed by atoms with Gasteiger partial charge in [0.2, 0.25) is 0 Å². The Morgan fingerprint density at radius 2 is 2.25 bits per heavy atom. The van der Waals surface area contributed by atoms with Gasteiger partial charge in [-0.15, -0.1) is 0 Å². The fraction of sp³-hybridized carbons (Fsp3) is 0.250. The molecular weight excluding hydrogens is 228 g/mol. The van der Waals surface area contributed by atoms with Gasteiger partial charge in [0.1, 0.15) is 5.58 Å². The standard InChI is InChI=1S/C12H11ClO3/c1-7(12(14)15)6-8-2-3-10-9(11(8)13)4-5-16-10/h2-5,7H,6H2,1H3,(H,14,15). The maximum absolute atomic E-state index is 10.8. The number of carboxylic acid groups (broad SMARTS) is 1. The van der Waals surface area contributed by atoms with E-state index in [-0.39, 0.29) is 0 Å². The molecule has 84 valence electrons. The SMILES string of the molecule is CC(Cc1ccc2occc2c1Cl)C(=O)O. The zero-order chi connectivity index (χ0) is 11.7. The smallest absolute Gasteiger partial charge is 0.306 e. The molecule has 0 saturated heterocycles. The lowest BCUT2D eigenvalue weighted by molar-refractivity contribution is -0.141. The third-order valence-corrected chi connectivity index (χ3v) is 3.04. The van der Waals surface area contributed by atoms with Crippen LogP contribution in [0.2, 0.25) is 5.02 Å². The molecule has 1 aromatic heterocycles. The molecule has 2 rings (SSSR count). The lowest BCUT2D eigenvalue weighted by Gasteiger charge is -2.08. The van der Waals surface area contributed by atoms with Crippen LogP contribution in [0.25, 0.3) is 11.0 Å². The lowest BCUT2D eigenvalue weighted by Crippen LogP contribution is -2.12. The second-order valence-electron chi connectivity index (χ2n) is 3.81. The number of halogens is 1. The lowest BCUT2D eigenvalue weighted by atomic mass is 10.0. The van der Waals surface area contributed by atoms with Crippen molar-refractivity contribution in [3.05, 3.63) is 35.0 Å². The van der Waals surface area contributed by atoms with Crippen LogP contribution in [0, 0.1) is 5.92 Å². The Bertz CT molecular complexity index is 530. The summed E-state index contributed by atoms with van der Waals surface area (Å²) in [5.74, 6) is -1.26. The maximum atomic E-state index is 10.8. The molecule has 0 aliphatic carbocycles. The Hall–Kier alpha value is -1.48. The zero-order valence-corrected chi connectivity index (χ0v) is 9.49. The van der Waals surface area contributed by atoms with Crippen LogP contribution in [0.15, 0.2) is 28.9 Å². The summed E-state index contributed by atoms with van der Waals surface area (Å²) in [7, 11) is 0. The van der Waals surface area contributed by atoms with E-state index in [1.807, 2.05) is 12.1 Å². The number of furan rings is 1. The van der Waals surface area contributed by atoms with Crippen LogP contribution in [0.1, 0.15) is 12.5 Å². The van der Waals surface area contributed by atoms with Crippen molar-refractivity contribution >= 4 is 28.5 Å². The van der Waals surface area contributed by atoms with E-state index in [4.69, 9.17) is 21.1 Å². The molecule has 0 aliphatic rings. The minimum atomic E-state index is -0.816. The van der Waals surface area contributed by atoms with E-state index in [0.29, 0.717) is 11.4 Å². The zero-order valence-electron chi connectivity index (χ0n) is 8.74. The Morgan fingerprint density at radius 1 is 1.50 bits per heavy atom. The summed E-state index contributed by atoms with van der Waals surface area (Å²) < 4.78 is 5.21. The highest BCUT2D eigenvalue weighted by atomic mass is 35.5. The van der Waals surface area contributed by atoms with Gasteiger partial charge >= 0.3 is 5.97 Å². The summed E-state index contributed by atoms with van der Waals surface area (Å²) in [4.78, 5) is 10.8. The van der Waals surface area contributed by atoms with Gasteiger partial charge in [-0.1, -0.05) is 24.6 Å². The van der Waals surface area contributed by atoms with Crippen molar-refractivity contribution in [1.29, 1.82) is 0 Å². The summed E-state index contributed by atoms with van der Waals surface area (Å²) >= 11 is 6.18. The molecule has 3 nitrogen and oxygen atoms in total. The van der Waals surface area contributed by atoms with Gasteiger partial charge in [0.25, 0.3) is 0 Å². The molecule has 0 aliphatic heterocycles. The van der Waals surface area contributed by atoms with Crippen LogP contribution in [0.3, 0.4) is 0 Å². The van der Waals surface area contributed by atoms with Crippen LogP contribution in [-0.2, 0) is 11.2 Å². The Kier molecular flexibility index (Phi) is 2.88. The monoisotopic (exact) mass is 238 g/mol. The van der Waals surface area contributed by atoms with E-state index in [1.165, 1.54) is 0 Å². The van der Waals surface area contributed by atoms with Crippen molar-refractivity contribution < 1.29 is 14.3 Å². The quantitative estimate of drug-likeness (QED) is 0.892. The first-order valence-electron chi connectivity index (χ1n) is 4.97. The highest BCUT2D eigenvalue weighted by Crippen LogP contribution is 2.29. The molecule has 0 radical (unpaired) electrons. The third-order valence-electron chi connectivity index (χ3n) is 2.60. The summed E-state index contributed by atoms with van der Waals surface area (Å²) in [6, 6.07) is 5.41. The van der Waals surface area contributed by atoms with E-state index < -0.39 is 11.9 Å². The molecular formula is C12H11ClO3. The van der Waals surface area contributed by atoms with E-state index in [9.17, 15) is 4.79 Å². The average molecular weight is 239 g/mol. The van der Waals surface area contributed by atoms with Gasteiger partial charge in [0.05, 0.1) is 17.2 Å². The van der Waals surface area contributed by atoms with Crippen molar-refractivity contribution in [3.63, 3.8) is 0 Å². The predicted molar refractivity (Wildman–Crippen MR) is 61.7 cm³/mol. The van der Waals surface area contributed by atoms with Gasteiger partial charge in [-0.05, 0) is 24.1 Å². The number of aliphatic carboxylic acids is 1. The first-order chi connectivity index (χ1) is 7.59. The van der Waals surface area contributed by atoms with E-state index in [1.54, 1.807) is 19.3 Å². The van der Waals surface area contributed by atoms with E-state index in [2.05, 4.69) is 0 Å². The molecule has 2 aromatic rings. The Morgan fingerprint density at radius 3 is 2.94 bits per heavy atom. The Labute approximate surface area is 97.6 Å². The van der Waals surface area contributed by atoms with Crippen molar-refractivity contribution in [1.82, 2.24) is 0 Å². The molecule has 0 saturated carbocycles. The number of carboxylic acids is 1. The van der Waals surface area contributed by atoms with Gasteiger partial charge in [-0.2, -0.15) is 0 Å². The number of carbonyl (C=O) groups is 1. The number of fused-ring (bicyclic) bond motifs is 1. The summed E-state index contributed by atoms with van der Waals surface area (Å²) in [6.07, 6.45) is 2.00. The average Bonchev–Trinajstić information content (AvgIpc) is 2.70. The molecule has 0 bridgehead atoms.